The highest BCUT2D eigenvalue weighted by Gasteiger charge is 2.23. The molecule has 0 spiro atoms. The minimum atomic E-state index is -0.125. The topological polar surface area (TPSA) is 44.4 Å². The number of nitrogens with zero attached hydrogens (tertiary/aromatic N) is 1. The van der Waals surface area contributed by atoms with E-state index >= 15 is 0 Å². The van der Waals surface area contributed by atoms with Gasteiger partial charge in [0.2, 0.25) is 5.91 Å². The summed E-state index contributed by atoms with van der Waals surface area (Å²) in [5, 5.41) is 6.30. The first-order chi connectivity index (χ1) is 8.97. The molecule has 4 heteroatoms. The van der Waals surface area contributed by atoms with Gasteiger partial charge in [-0.2, -0.15) is 0 Å². The molecule has 1 aliphatic heterocycles. The van der Waals surface area contributed by atoms with Crippen LogP contribution in [0.3, 0.4) is 0 Å². The van der Waals surface area contributed by atoms with E-state index in [1.165, 1.54) is 11.1 Å². The Morgan fingerprint density at radius 1 is 1.26 bits per heavy atom. The van der Waals surface area contributed by atoms with Gasteiger partial charge in [0.15, 0.2) is 0 Å². The molecular weight excluding hydrogens is 238 g/mol. The summed E-state index contributed by atoms with van der Waals surface area (Å²) < 4.78 is 0. The van der Waals surface area contributed by atoms with Gasteiger partial charge in [-0.1, -0.05) is 6.07 Å². The van der Waals surface area contributed by atoms with Gasteiger partial charge in [-0.05, 0) is 50.6 Å². The lowest BCUT2D eigenvalue weighted by atomic mass is 10.0. The number of nitrogens with one attached hydrogen (secondary N) is 2. The summed E-state index contributed by atoms with van der Waals surface area (Å²) in [6.45, 7) is 8.80. The number of piperazine rings is 1. The Hall–Kier alpha value is -1.39. The van der Waals surface area contributed by atoms with Gasteiger partial charge in [-0.25, -0.2) is 0 Å². The van der Waals surface area contributed by atoms with E-state index < -0.39 is 0 Å². The lowest BCUT2D eigenvalue weighted by Gasteiger charge is -2.30. The second-order valence-corrected chi connectivity index (χ2v) is 5.51. The van der Waals surface area contributed by atoms with Crippen LogP contribution >= 0.6 is 0 Å². The van der Waals surface area contributed by atoms with Crippen molar-refractivity contribution in [3.05, 3.63) is 28.8 Å². The normalized spacial score (nSPS) is 20.3. The highest BCUT2D eigenvalue weighted by atomic mass is 16.2. The van der Waals surface area contributed by atoms with E-state index in [0.717, 1.165) is 30.9 Å². The molecule has 1 aromatic carbocycles. The Morgan fingerprint density at radius 3 is 2.63 bits per heavy atom. The summed E-state index contributed by atoms with van der Waals surface area (Å²) in [6.07, 6.45) is 0. The molecule has 1 saturated heterocycles. The van der Waals surface area contributed by atoms with E-state index in [1.807, 2.05) is 14.0 Å². The SMILES string of the molecule is Cc1cc(C)c(NC(=O)C2CN(C)CCN2)cc1C. The highest BCUT2D eigenvalue weighted by molar-refractivity contribution is 5.95. The first kappa shape index (κ1) is 14.0. The third kappa shape index (κ3) is 3.33. The van der Waals surface area contributed by atoms with Gasteiger partial charge in [0.05, 0.1) is 6.04 Å². The minimum Gasteiger partial charge on any atom is -0.324 e. The summed E-state index contributed by atoms with van der Waals surface area (Å²) in [6, 6.07) is 4.04. The van der Waals surface area contributed by atoms with Crippen molar-refractivity contribution in [2.75, 3.05) is 32.0 Å². The van der Waals surface area contributed by atoms with E-state index in [2.05, 4.69) is 41.5 Å². The van der Waals surface area contributed by atoms with Crippen LogP contribution < -0.4 is 10.6 Å². The van der Waals surface area contributed by atoms with Crippen LogP contribution in [0, 0.1) is 20.8 Å². The van der Waals surface area contributed by atoms with Crippen LogP contribution in [0.1, 0.15) is 16.7 Å². The molecular formula is C15H23N3O. The van der Waals surface area contributed by atoms with Gasteiger partial charge in [0.1, 0.15) is 0 Å². The summed E-state index contributed by atoms with van der Waals surface area (Å²) in [4.78, 5) is 14.4. The average Bonchev–Trinajstić information content (AvgIpc) is 2.36. The summed E-state index contributed by atoms with van der Waals surface area (Å²) in [7, 11) is 2.04. The number of hydrogen-bond donors (Lipinski definition) is 2. The fourth-order valence-electron chi connectivity index (χ4n) is 2.39. The van der Waals surface area contributed by atoms with Gasteiger partial charge in [-0.15, -0.1) is 0 Å². The Labute approximate surface area is 115 Å². The van der Waals surface area contributed by atoms with Crippen molar-refractivity contribution in [3.63, 3.8) is 0 Å². The number of benzene rings is 1. The van der Waals surface area contributed by atoms with Crippen molar-refractivity contribution in [1.29, 1.82) is 0 Å². The summed E-state index contributed by atoms with van der Waals surface area (Å²) in [5.41, 5.74) is 4.49. The van der Waals surface area contributed by atoms with Crippen LogP contribution in [0.15, 0.2) is 12.1 Å². The number of rotatable bonds is 2. The van der Waals surface area contributed by atoms with Gasteiger partial charge in [0.25, 0.3) is 0 Å². The third-order valence-corrected chi connectivity index (χ3v) is 3.79. The molecule has 1 unspecified atom stereocenters. The Balaban J connectivity index is 2.08. The summed E-state index contributed by atoms with van der Waals surface area (Å²) in [5.74, 6) is 0.0536. The van der Waals surface area contributed by atoms with Crippen molar-refractivity contribution in [2.24, 2.45) is 0 Å². The number of amides is 1. The third-order valence-electron chi connectivity index (χ3n) is 3.79. The van der Waals surface area contributed by atoms with Crippen molar-refractivity contribution < 1.29 is 4.79 Å². The number of hydrogen-bond acceptors (Lipinski definition) is 3. The molecule has 1 aliphatic rings. The van der Waals surface area contributed by atoms with E-state index in [0.29, 0.717) is 0 Å². The molecule has 1 fully saturated rings. The molecule has 19 heavy (non-hydrogen) atoms. The zero-order valence-corrected chi connectivity index (χ0v) is 12.2. The molecule has 2 N–H and O–H groups in total. The molecule has 1 atom stereocenters. The monoisotopic (exact) mass is 261 g/mol. The number of likely N-dealkylation sites (N-methyl/N-ethyl adjacent to an activating group) is 1. The number of aryl methyl sites for hydroxylation is 3. The van der Waals surface area contributed by atoms with Crippen molar-refractivity contribution in [2.45, 2.75) is 26.8 Å². The second-order valence-electron chi connectivity index (χ2n) is 5.51. The van der Waals surface area contributed by atoms with Crippen molar-refractivity contribution in [1.82, 2.24) is 10.2 Å². The molecule has 2 rings (SSSR count). The predicted octanol–water partition coefficient (Wildman–Crippen LogP) is 1.45. The van der Waals surface area contributed by atoms with Crippen LogP contribution in [0.2, 0.25) is 0 Å². The van der Waals surface area contributed by atoms with E-state index in [4.69, 9.17) is 0 Å². The summed E-state index contributed by atoms with van der Waals surface area (Å²) >= 11 is 0. The maximum absolute atomic E-state index is 12.3. The van der Waals surface area contributed by atoms with Gasteiger partial charge in [0, 0.05) is 25.3 Å². The molecule has 1 aromatic rings. The largest absolute Gasteiger partial charge is 0.324 e. The molecule has 1 amide bonds. The zero-order valence-electron chi connectivity index (χ0n) is 12.2. The van der Waals surface area contributed by atoms with E-state index in [-0.39, 0.29) is 11.9 Å². The smallest absolute Gasteiger partial charge is 0.242 e. The minimum absolute atomic E-state index is 0.0536. The molecule has 0 aromatic heterocycles. The zero-order chi connectivity index (χ0) is 14.0. The number of anilines is 1. The van der Waals surface area contributed by atoms with Crippen molar-refractivity contribution in [3.8, 4) is 0 Å². The standard InChI is InChI=1S/C15H23N3O/c1-10-7-12(3)13(8-11(10)2)17-15(19)14-9-18(4)6-5-16-14/h7-8,14,16H,5-6,9H2,1-4H3,(H,17,19). The lowest BCUT2D eigenvalue weighted by Crippen LogP contribution is -2.54. The van der Waals surface area contributed by atoms with Crippen LogP contribution in [-0.4, -0.2) is 43.5 Å². The van der Waals surface area contributed by atoms with Crippen LogP contribution in [0.5, 0.6) is 0 Å². The van der Waals surface area contributed by atoms with E-state index in [9.17, 15) is 4.79 Å². The Bertz CT molecular complexity index is 485. The molecule has 0 saturated carbocycles. The van der Waals surface area contributed by atoms with Crippen LogP contribution in [-0.2, 0) is 4.79 Å². The van der Waals surface area contributed by atoms with Gasteiger partial charge < -0.3 is 15.5 Å². The molecule has 4 nitrogen and oxygen atoms in total. The average molecular weight is 261 g/mol. The predicted molar refractivity (Wildman–Crippen MR) is 78.6 cm³/mol. The molecule has 0 aliphatic carbocycles. The molecule has 0 radical (unpaired) electrons. The molecule has 1 heterocycles. The first-order valence-corrected chi connectivity index (χ1v) is 6.78. The second kappa shape index (κ2) is 5.72. The molecule has 104 valence electrons. The fourth-order valence-corrected chi connectivity index (χ4v) is 2.39. The van der Waals surface area contributed by atoms with Crippen molar-refractivity contribution >= 4 is 11.6 Å². The maximum atomic E-state index is 12.3. The first-order valence-electron chi connectivity index (χ1n) is 6.78. The number of carbonyl (C=O) groups is 1. The van der Waals surface area contributed by atoms with Gasteiger partial charge in [-0.3, -0.25) is 4.79 Å². The Morgan fingerprint density at radius 2 is 1.95 bits per heavy atom. The van der Waals surface area contributed by atoms with Crippen LogP contribution in [0.25, 0.3) is 0 Å². The highest BCUT2D eigenvalue weighted by Crippen LogP contribution is 2.20. The lowest BCUT2D eigenvalue weighted by molar-refractivity contribution is -0.119. The quantitative estimate of drug-likeness (QED) is 0.847. The number of carbonyl (C=O) groups excluding carboxylic acids is 1. The van der Waals surface area contributed by atoms with Crippen LogP contribution in [0.4, 0.5) is 5.69 Å². The van der Waals surface area contributed by atoms with E-state index in [1.54, 1.807) is 0 Å². The maximum Gasteiger partial charge on any atom is 0.242 e. The van der Waals surface area contributed by atoms with Gasteiger partial charge >= 0.3 is 0 Å². The Kier molecular flexibility index (Phi) is 4.22. The molecule has 0 bridgehead atoms. The fraction of sp³-hybridized carbons (Fsp3) is 0.533.